The number of carboxylic acid groups (broad SMARTS) is 1. The molecule has 8 nitrogen and oxygen atoms in total. The second-order valence-electron chi connectivity index (χ2n) is 4.36. The van der Waals surface area contributed by atoms with Gasteiger partial charge in [0.25, 0.3) is 11.6 Å². The molecule has 0 aliphatic rings. The van der Waals surface area contributed by atoms with Gasteiger partial charge in [0.05, 0.1) is 17.0 Å². The van der Waals surface area contributed by atoms with E-state index in [4.69, 9.17) is 5.11 Å². The number of aromatic nitrogens is 1. The zero-order valence-electron chi connectivity index (χ0n) is 11.4. The molecule has 0 radical (unpaired) electrons. The summed E-state index contributed by atoms with van der Waals surface area (Å²) in [4.78, 5) is 37.5. The molecule has 2 aromatic rings. The van der Waals surface area contributed by atoms with E-state index in [9.17, 15) is 19.7 Å². The van der Waals surface area contributed by atoms with Gasteiger partial charge in [-0.25, -0.2) is 4.98 Å². The number of hydrogen-bond acceptors (Lipinski definition) is 6. The third kappa shape index (κ3) is 3.64. The van der Waals surface area contributed by atoms with Crippen molar-refractivity contribution in [2.75, 3.05) is 5.32 Å². The SMILES string of the molecule is Cc1nc(NC(=O)c2cccc([N+](=O)[O-])c2)sc1CC(=O)O. The number of carbonyl (C=O) groups is 2. The highest BCUT2D eigenvalue weighted by Crippen LogP contribution is 2.24. The van der Waals surface area contributed by atoms with E-state index in [2.05, 4.69) is 10.3 Å². The minimum Gasteiger partial charge on any atom is -0.481 e. The smallest absolute Gasteiger partial charge is 0.308 e. The van der Waals surface area contributed by atoms with Crippen molar-refractivity contribution in [2.24, 2.45) is 0 Å². The Kier molecular flexibility index (Phi) is 4.47. The number of amides is 1. The van der Waals surface area contributed by atoms with Crippen LogP contribution in [0.4, 0.5) is 10.8 Å². The largest absolute Gasteiger partial charge is 0.481 e. The van der Waals surface area contributed by atoms with Crippen LogP contribution in [-0.2, 0) is 11.2 Å². The number of carbonyl (C=O) groups excluding carboxylic acids is 1. The molecule has 1 heterocycles. The summed E-state index contributed by atoms with van der Waals surface area (Å²) in [6.45, 7) is 1.65. The van der Waals surface area contributed by atoms with Gasteiger partial charge in [-0.05, 0) is 13.0 Å². The molecular formula is C13H11N3O5S. The Labute approximate surface area is 128 Å². The first-order chi connectivity index (χ1) is 10.4. The number of benzene rings is 1. The van der Waals surface area contributed by atoms with Gasteiger partial charge in [-0.3, -0.25) is 25.0 Å². The number of thiazole rings is 1. The van der Waals surface area contributed by atoms with Gasteiger partial charge in [-0.15, -0.1) is 11.3 Å². The predicted octanol–water partition coefficient (Wildman–Crippen LogP) is 2.24. The highest BCUT2D eigenvalue weighted by molar-refractivity contribution is 7.16. The first-order valence-electron chi connectivity index (χ1n) is 6.10. The lowest BCUT2D eigenvalue weighted by Gasteiger charge is -2.01. The van der Waals surface area contributed by atoms with Gasteiger partial charge >= 0.3 is 5.97 Å². The average Bonchev–Trinajstić information content (AvgIpc) is 2.78. The maximum Gasteiger partial charge on any atom is 0.308 e. The number of rotatable bonds is 5. The molecule has 0 unspecified atom stereocenters. The number of nitro groups is 1. The summed E-state index contributed by atoms with van der Waals surface area (Å²) in [5.74, 6) is -1.53. The maximum atomic E-state index is 12.0. The first-order valence-corrected chi connectivity index (χ1v) is 6.92. The Hall–Kier alpha value is -2.81. The monoisotopic (exact) mass is 321 g/mol. The fourth-order valence-corrected chi connectivity index (χ4v) is 2.66. The Morgan fingerprint density at radius 2 is 2.18 bits per heavy atom. The van der Waals surface area contributed by atoms with Gasteiger partial charge in [-0.1, -0.05) is 6.07 Å². The van der Waals surface area contributed by atoms with Crippen LogP contribution < -0.4 is 5.32 Å². The molecule has 0 fully saturated rings. The number of carboxylic acids is 1. The van der Waals surface area contributed by atoms with E-state index in [-0.39, 0.29) is 22.8 Å². The zero-order chi connectivity index (χ0) is 16.3. The molecule has 9 heteroatoms. The van der Waals surface area contributed by atoms with E-state index in [1.807, 2.05) is 0 Å². The number of aryl methyl sites for hydroxylation is 1. The zero-order valence-corrected chi connectivity index (χ0v) is 12.2. The number of anilines is 1. The van der Waals surface area contributed by atoms with Crippen LogP contribution in [-0.4, -0.2) is 26.9 Å². The van der Waals surface area contributed by atoms with Gasteiger partial charge in [0.2, 0.25) is 0 Å². The second-order valence-corrected chi connectivity index (χ2v) is 5.44. The minimum atomic E-state index is -0.983. The fourth-order valence-electron chi connectivity index (χ4n) is 1.71. The van der Waals surface area contributed by atoms with Crippen LogP contribution in [0.15, 0.2) is 24.3 Å². The molecule has 0 saturated carbocycles. The van der Waals surface area contributed by atoms with Crippen molar-refractivity contribution in [3.05, 3.63) is 50.5 Å². The second kappa shape index (κ2) is 6.31. The lowest BCUT2D eigenvalue weighted by molar-refractivity contribution is -0.384. The van der Waals surface area contributed by atoms with E-state index in [1.54, 1.807) is 6.92 Å². The van der Waals surface area contributed by atoms with Gasteiger partial charge < -0.3 is 5.11 Å². The maximum absolute atomic E-state index is 12.0. The lowest BCUT2D eigenvalue weighted by atomic mass is 10.2. The minimum absolute atomic E-state index is 0.127. The van der Waals surface area contributed by atoms with Crippen LogP contribution in [0.3, 0.4) is 0 Å². The Morgan fingerprint density at radius 3 is 2.82 bits per heavy atom. The third-order valence-electron chi connectivity index (χ3n) is 2.74. The van der Waals surface area contributed by atoms with Crippen molar-refractivity contribution in [1.82, 2.24) is 4.98 Å². The molecule has 1 aromatic carbocycles. The number of nitrogens with one attached hydrogen (secondary N) is 1. The molecular weight excluding hydrogens is 310 g/mol. The molecule has 0 atom stereocenters. The van der Waals surface area contributed by atoms with Crippen LogP contribution in [0.5, 0.6) is 0 Å². The van der Waals surface area contributed by atoms with E-state index in [0.717, 1.165) is 17.4 Å². The van der Waals surface area contributed by atoms with E-state index in [1.165, 1.54) is 18.2 Å². The van der Waals surface area contributed by atoms with Gasteiger partial charge in [-0.2, -0.15) is 0 Å². The highest BCUT2D eigenvalue weighted by Gasteiger charge is 2.15. The number of nitro benzene ring substituents is 1. The first kappa shape index (κ1) is 15.6. The van der Waals surface area contributed by atoms with Crippen LogP contribution in [0.25, 0.3) is 0 Å². The molecule has 0 aliphatic heterocycles. The summed E-state index contributed by atoms with van der Waals surface area (Å²) < 4.78 is 0. The molecule has 2 rings (SSSR count). The number of hydrogen-bond donors (Lipinski definition) is 2. The van der Waals surface area contributed by atoms with Crippen LogP contribution in [0.2, 0.25) is 0 Å². The van der Waals surface area contributed by atoms with Crippen molar-refractivity contribution >= 4 is 34.0 Å². The predicted molar refractivity (Wildman–Crippen MR) is 79.2 cm³/mol. The van der Waals surface area contributed by atoms with Crippen LogP contribution >= 0.6 is 11.3 Å². The van der Waals surface area contributed by atoms with Crippen molar-refractivity contribution in [3.63, 3.8) is 0 Å². The van der Waals surface area contributed by atoms with Gasteiger partial charge in [0.15, 0.2) is 5.13 Å². The third-order valence-corrected chi connectivity index (χ3v) is 3.82. The Balaban J connectivity index is 2.17. The molecule has 1 aromatic heterocycles. The van der Waals surface area contributed by atoms with E-state index >= 15 is 0 Å². The molecule has 1 amide bonds. The van der Waals surface area contributed by atoms with Crippen molar-refractivity contribution in [1.29, 1.82) is 0 Å². The molecule has 22 heavy (non-hydrogen) atoms. The average molecular weight is 321 g/mol. The molecule has 114 valence electrons. The summed E-state index contributed by atoms with van der Waals surface area (Å²) in [6, 6.07) is 5.31. The number of aliphatic carboxylic acids is 1. The molecule has 2 N–H and O–H groups in total. The normalized spacial score (nSPS) is 10.2. The van der Waals surface area contributed by atoms with Crippen molar-refractivity contribution in [3.8, 4) is 0 Å². The summed E-state index contributed by atoms with van der Waals surface area (Å²) in [5, 5.41) is 22.2. The molecule has 0 spiro atoms. The van der Waals surface area contributed by atoms with Crippen molar-refractivity contribution in [2.45, 2.75) is 13.3 Å². The summed E-state index contributed by atoms with van der Waals surface area (Å²) in [6.07, 6.45) is -0.170. The van der Waals surface area contributed by atoms with Crippen molar-refractivity contribution < 1.29 is 19.6 Å². The molecule has 0 saturated heterocycles. The number of non-ortho nitro benzene ring substituents is 1. The summed E-state index contributed by atoms with van der Waals surface area (Å²) in [7, 11) is 0. The van der Waals surface area contributed by atoms with Crippen LogP contribution in [0.1, 0.15) is 20.9 Å². The lowest BCUT2D eigenvalue weighted by Crippen LogP contribution is -2.11. The van der Waals surface area contributed by atoms with E-state index in [0.29, 0.717) is 10.6 Å². The summed E-state index contributed by atoms with van der Waals surface area (Å²) >= 11 is 1.06. The van der Waals surface area contributed by atoms with E-state index < -0.39 is 16.8 Å². The highest BCUT2D eigenvalue weighted by atomic mass is 32.1. The standard InChI is InChI=1S/C13H11N3O5S/c1-7-10(6-11(17)18)22-13(14-7)15-12(19)8-3-2-4-9(5-8)16(20)21/h2-5H,6H2,1H3,(H,17,18)(H,14,15,19). The summed E-state index contributed by atoms with van der Waals surface area (Å²) in [5.41, 5.74) is 0.470. The van der Waals surface area contributed by atoms with Gasteiger partial charge in [0.1, 0.15) is 0 Å². The molecule has 0 bridgehead atoms. The molecule has 0 aliphatic carbocycles. The van der Waals surface area contributed by atoms with Gasteiger partial charge in [0, 0.05) is 22.6 Å². The Bertz CT molecular complexity index is 756. The Morgan fingerprint density at radius 1 is 1.45 bits per heavy atom. The fraction of sp³-hybridized carbons (Fsp3) is 0.154. The quantitative estimate of drug-likeness (QED) is 0.643. The topological polar surface area (TPSA) is 122 Å². The van der Waals surface area contributed by atoms with Crippen LogP contribution in [0, 0.1) is 17.0 Å². The number of nitrogens with zero attached hydrogens (tertiary/aromatic N) is 2.